The molecule has 1 fully saturated rings. The molecule has 0 aliphatic carbocycles. The van der Waals surface area contributed by atoms with Crippen molar-refractivity contribution in [3.63, 3.8) is 0 Å². The summed E-state index contributed by atoms with van der Waals surface area (Å²) in [4.78, 5) is 26.7. The molecule has 2 aromatic rings. The average molecular weight is 374 g/mol. The number of amides is 2. The number of rotatable bonds is 6. The standard InChI is InChI=1S/C20H20ClNO4/c1-3-25-13(2)26-18-17(14-9-11-16(21)12-10-14)22(20(18)24)19(23)15-7-5-4-6-8-15/h4-13,17-18H,3H2,1-2H3/t13?,17-,18+/m0/s1. The van der Waals surface area contributed by atoms with Crippen molar-refractivity contribution in [2.75, 3.05) is 6.61 Å². The van der Waals surface area contributed by atoms with Crippen molar-refractivity contribution in [3.8, 4) is 0 Å². The molecule has 1 aliphatic rings. The Hall–Kier alpha value is -2.21. The first-order chi connectivity index (χ1) is 12.5. The van der Waals surface area contributed by atoms with E-state index in [9.17, 15) is 9.59 Å². The van der Waals surface area contributed by atoms with Crippen molar-refractivity contribution in [1.29, 1.82) is 0 Å². The van der Waals surface area contributed by atoms with E-state index in [-0.39, 0.29) is 11.8 Å². The number of ether oxygens (including phenoxy) is 2. The smallest absolute Gasteiger partial charge is 0.261 e. The minimum absolute atomic E-state index is 0.348. The lowest BCUT2D eigenvalue weighted by molar-refractivity contribution is -0.209. The number of likely N-dealkylation sites (tertiary alicyclic amines) is 1. The van der Waals surface area contributed by atoms with E-state index in [0.717, 1.165) is 5.56 Å². The van der Waals surface area contributed by atoms with Crippen molar-refractivity contribution in [2.45, 2.75) is 32.3 Å². The lowest BCUT2D eigenvalue weighted by Crippen LogP contribution is -2.62. The number of carbonyl (C=O) groups excluding carboxylic acids is 2. The number of nitrogens with zero attached hydrogens (tertiary/aromatic N) is 1. The number of carbonyl (C=O) groups is 2. The van der Waals surface area contributed by atoms with Crippen LogP contribution in [0.15, 0.2) is 54.6 Å². The van der Waals surface area contributed by atoms with Gasteiger partial charge in [-0.2, -0.15) is 0 Å². The van der Waals surface area contributed by atoms with Crippen LogP contribution in [0.25, 0.3) is 0 Å². The molecule has 6 heteroatoms. The monoisotopic (exact) mass is 373 g/mol. The van der Waals surface area contributed by atoms with E-state index < -0.39 is 18.4 Å². The van der Waals surface area contributed by atoms with Gasteiger partial charge in [-0.05, 0) is 43.7 Å². The normalized spacial score (nSPS) is 20.6. The summed E-state index contributed by atoms with van der Waals surface area (Å²) in [6, 6.07) is 15.3. The molecule has 26 heavy (non-hydrogen) atoms. The maximum atomic E-state index is 12.8. The SMILES string of the molecule is CCOC(C)O[C@H]1C(=O)N(C(=O)c2ccccc2)[C@H]1c1ccc(Cl)cc1. The van der Waals surface area contributed by atoms with Crippen LogP contribution in [0.5, 0.6) is 0 Å². The predicted molar refractivity (Wildman–Crippen MR) is 97.8 cm³/mol. The Morgan fingerprint density at radius 2 is 1.81 bits per heavy atom. The summed E-state index contributed by atoms with van der Waals surface area (Å²) in [5, 5.41) is 0.584. The fraction of sp³-hybridized carbons (Fsp3) is 0.300. The summed E-state index contributed by atoms with van der Waals surface area (Å²) in [5.41, 5.74) is 1.24. The zero-order valence-electron chi connectivity index (χ0n) is 14.6. The number of halogens is 1. The van der Waals surface area contributed by atoms with E-state index in [1.54, 1.807) is 55.5 Å². The maximum absolute atomic E-state index is 12.8. The molecule has 2 aromatic carbocycles. The molecule has 0 bridgehead atoms. The summed E-state index contributed by atoms with van der Waals surface area (Å²) in [6.45, 7) is 4.06. The Morgan fingerprint density at radius 1 is 1.15 bits per heavy atom. The van der Waals surface area contributed by atoms with Crippen LogP contribution in [0.2, 0.25) is 5.02 Å². The average Bonchev–Trinajstić information content (AvgIpc) is 2.65. The Labute approximate surface area is 157 Å². The van der Waals surface area contributed by atoms with Crippen LogP contribution in [0, 0.1) is 0 Å². The lowest BCUT2D eigenvalue weighted by atomic mass is 9.89. The van der Waals surface area contributed by atoms with Gasteiger partial charge in [-0.15, -0.1) is 0 Å². The number of hydrogen-bond donors (Lipinski definition) is 0. The van der Waals surface area contributed by atoms with E-state index in [2.05, 4.69) is 0 Å². The summed E-state index contributed by atoms with van der Waals surface area (Å²) in [5.74, 6) is -0.718. The second-order valence-corrected chi connectivity index (χ2v) is 6.39. The molecule has 0 N–H and O–H groups in total. The largest absolute Gasteiger partial charge is 0.353 e. The van der Waals surface area contributed by atoms with Crippen LogP contribution in [-0.4, -0.2) is 35.7 Å². The van der Waals surface area contributed by atoms with Crippen molar-refractivity contribution in [2.24, 2.45) is 0 Å². The van der Waals surface area contributed by atoms with Gasteiger partial charge < -0.3 is 9.47 Å². The third-order valence-electron chi connectivity index (χ3n) is 4.24. The van der Waals surface area contributed by atoms with Gasteiger partial charge in [0.05, 0.1) is 0 Å². The predicted octanol–water partition coefficient (Wildman–Crippen LogP) is 3.83. The minimum atomic E-state index is -0.773. The van der Waals surface area contributed by atoms with Crippen molar-refractivity contribution >= 4 is 23.4 Å². The molecule has 1 aliphatic heterocycles. The van der Waals surface area contributed by atoms with Crippen molar-refractivity contribution < 1.29 is 19.1 Å². The molecule has 3 atom stereocenters. The zero-order valence-corrected chi connectivity index (χ0v) is 15.3. The van der Waals surface area contributed by atoms with Gasteiger partial charge in [0.2, 0.25) is 0 Å². The molecule has 5 nitrogen and oxygen atoms in total. The quantitative estimate of drug-likeness (QED) is 0.438. The molecule has 1 unspecified atom stereocenters. The van der Waals surface area contributed by atoms with Crippen LogP contribution in [0.4, 0.5) is 0 Å². The second-order valence-electron chi connectivity index (χ2n) is 5.96. The number of benzene rings is 2. The van der Waals surface area contributed by atoms with E-state index in [4.69, 9.17) is 21.1 Å². The van der Waals surface area contributed by atoms with Crippen molar-refractivity contribution in [3.05, 3.63) is 70.7 Å². The third kappa shape index (κ3) is 3.65. The highest BCUT2D eigenvalue weighted by molar-refractivity contribution is 6.30. The highest BCUT2D eigenvalue weighted by Gasteiger charge is 2.53. The molecule has 0 spiro atoms. The fourth-order valence-corrected chi connectivity index (χ4v) is 3.13. The zero-order chi connectivity index (χ0) is 18.7. The highest BCUT2D eigenvalue weighted by atomic mass is 35.5. The minimum Gasteiger partial charge on any atom is -0.353 e. The van der Waals surface area contributed by atoms with Crippen molar-refractivity contribution in [1.82, 2.24) is 4.90 Å². The van der Waals surface area contributed by atoms with Gasteiger partial charge in [0, 0.05) is 17.2 Å². The summed E-state index contributed by atoms with van der Waals surface area (Å²) >= 11 is 5.96. The van der Waals surface area contributed by atoms with Crippen LogP contribution in [0.3, 0.4) is 0 Å². The Balaban J connectivity index is 1.89. The third-order valence-corrected chi connectivity index (χ3v) is 4.49. The highest BCUT2D eigenvalue weighted by Crippen LogP contribution is 2.39. The lowest BCUT2D eigenvalue weighted by Gasteiger charge is -2.46. The molecule has 1 saturated heterocycles. The first-order valence-electron chi connectivity index (χ1n) is 8.48. The molecule has 2 amide bonds. The van der Waals surface area contributed by atoms with Gasteiger partial charge in [-0.3, -0.25) is 14.5 Å². The first-order valence-corrected chi connectivity index (χ1v) is 8.85. The summed E-state index contributed by atoms with van der Waals surface area (Å²) in [7, 11) is 0. The summed E-state index contributed by atoms with van der Waals surface area (Å²) < 4.78 is 11.1. The topological polar surface area (TPSA) is 55.8 Å². The Kier molecular flexibility index (Phi) is 5.71. The van der Waals surface area contributed by atoms with Gasteiger partial charge in [-0.25, -0.2) is 0 Å². The number of β-lactam (4-membered cyclic amide) rings is 1. The molecular formula is C20H20ClNO4. The van der Waals surface area contributed by atoms with Gasteiger partial charge in [0.15, 0.2) is 12.4 Å². The van der Waals surface area contributed by atoms with Crippen LogP contribution in [-0.2, 0) is 14.3 Å². The molecule has 1 heterocycles. The Morgan fingerprint density at radius 3 is 2.42 bits per heavy atom. The first kappa shape index (κ1) is 18.6. The van der Waals surface area contributed by atoms with Gasteiger partial charge >= 0.3 is 0 Å². The fourth-order valence-electron chi connectivity index (χ4n) is 3.01. The molecule has 3 rings (SSSR count). The van der Waals surface area contributed by atoms with E-state index in [0.29, 0.717) is 17.2 Å². The maximum Gasteiger partial charge on any atom is 0.261 e. The number of hydrogen-bond acceptors (Lipinski definition) is 4. The van der Waals surface area contributed by atoms with E-state index in [1.807, 2.05) is 13.0 Å². The van der Waals surface area contributed by atoms with Crippen LogP contribution >= 0.6 is 11.6 Å². The van der Waals surface area contributed by atoms with Gasteiger partial charge in [0.1, 0.15) is 6.04 Å². The van der Waals surface area contributed by atoms with E-state index in [1.165, 1.54) is 4.90 Å². The second kappa shape index (κ2) is 7.99. The Bertz CT molecular complexity index is 778. The summed E-state index contributed by atoms with van der Waals surface area (Å²) in [6.07, 6.45) is -1.32. The van der Waals surface area contributed by atoms with Crippen LogP contribution in [0.1, 0.15) is 35.8 Å². The van der Waals surface area contributed by atoms with Crippen LogP contribution < -0.4 is 0 Å². The van der Waals surface area contributed by atoms with Gasteiger partial charge in [-0.1, -0.05) is 41.9 Å². The molecule has 136 valence electrons. The number of imide groups is 1. The molecular weight excluding hydrogens is 354 g/mol. The van der Waals surface area contributed by atoms with Gasteiger partial charge in [0.25, 0.3) is 11.8 Å². The molecule has 0 saturated carbocycles. The van der Waals surface area contributed by atoms with E-state index >= 15 is 0 Å². The molecule has 0 aromatic heterocycles. The molecule has 0 radical (unpaired) electrons.